The fourth-order valence-electron chi connectivity index (χ4n) is 8.80. The second-order valence-corrected chi connectivity index (χ2v) is 13.3. The van der Waals surface area contributed by atoms with Gasteiger partial charge in [0.1, 0.15) is 35.1 Å². The summed E-state index contributed by atoms with van der Waals surface area (Å²) in [5, 5.41) is 5.94. The van der Waals surface area contributed by atoms with Crippen LogP contribution in [0, 0.1) is 18.2 Å². The lowest BCUT2D eigenvalue weighted by Crippen LogP contribution is -2.62. The first kappa shape index (κ1) is 27.1. The van der Waals surface area contributed by atoms with Gasteiger partial charge in [0.15, 0.2) is 5.82 Å². The standard InChI is InChI=1S/C36H35FN6O2/c1-4-22-8-5-9-23-10-6-11-25(27(22)23)30-29(37)31-28-33(41-35(40-31)44-19-36-15-7-16-42(36)17-14-20(36)2)43-18-24-12-13-26(38-24)32(43)21(3)45-34(28)39-30/h1,5-6,8-11,21,24,26,32,38H,2,7,12-19H2,3H3/t21?,24?,26?,32?,36-/m1/s1. The van der Waals surface area contributed by atoms with E-state index < -0.39 is 5.82 Å². The van der Waals surface area contributed by atoms with Gasteiger partial charge in [0.25, 0.3) is 0 Å². The molecule has 0 spiro atoms. The molecule has 228 valence electrons. The van der Waals surface area contributed by atoms with Crippen LogP contribution in [0.25, 0.3) is 32.9 Å². The van der Waals surface area contributed by atoms with E-state index in [0.29, 0.717) is 40.9 Å². The van der Waals surface area contributed by atoms with Gasteiger partial charge in [-0.2, -0.15) is 9.97 Å². The Balaban J connectivity index is 1.25. The van der Waals surface area contributed by atoms with Gasteiger partial charge in [-0.3, -0.25) is 4.90 Å². The van der Waals surface area contributed by atoms with Gasteiger partial charge in [0.05, 0.1) is 11.6 Å². The number of ether oxygens (including phenoxy) is 2. The molecular formula is C36H35FN6O2. The minimum Gasteiger partial charge on any atom is -0.472 e. The summed E-state index contributed by atoms with van der Waals surface area (Å²) in [4.78, 5) is 19.5. The molecule has 5 aliphatic heterocycles. The van der Waals surface area contributed by atoms with Gasteiger partial charge >= 0.3 is 6.01 Å². The monoisotopic (exact) mass is 602 g/mol. The van der Waals surface area contributed by atoms with Gasteiger partial charge in [-0.25, -0.2) is 9.37 Å². The Morgan fingerprint density at radius 2 is 2.02 bits per heavy atom. The molecule has 2 bridgehead atoms. The van der Waals surface area contributed by atoms with Gasteiger partial charge in [0, 0.05) is 41.7 Å². The summed E-state index contributed by atoms with van der Waals surface area (Å²) < 4.78 is 30.2. The third-order valence-electron chi connectivity index (χ3n) is 10.9. The first-order chi connectivity index (χ1) is 21.9. The number of hydrogen-bond donors (Lipinski definition) is 1. The molecule has 4 unspecified atom stereocenters. The predicted octanol–water partition coefficient (Wildman–Crippen LogP) is 5.23. The normalized spacial score (nSPS) is 28.6. The Kier molecular flexibility index (Phi) is 5.94. The molecule has 45 heavy (non-hydrogen) atoms. The van der Waals surface area contributed by atoms with E-state index in [1.807, 2.05) is 36.4 Å². The zero-order valence-electron chi connectivity index (χ0n) is 25.4. The molecule has 8 nitrogen and oxygen atoms in total. The summed E-state index contributed by atoms with van der Waals surface area (Å²) >= 11 is 0. The second-order valence-electron chi connectivity index (χ2n) is 13.3. The molecule has 9 heteroatoms. The van der Waals surface area contributed by atoms with Gasteiger partial charge in [-0.05, 0) is 57.0 Å². The van der Waals surface area contributed by atoms with E-state index in [1.54, 1.807) is 0 Å². The smallest absolute Gasteiger partial charge is 0.319 e. The van der Waals surface area contributed by atoms with Crippen LogP contribution in [0.15, 0.2) is 48.6 Å². The Hall–Kier alpha value is -4.26. The summed E-state index contributed by atoms with van der Waals surface area (Å²) in [6.45, 7) is 9.63. The van der Waals surface area contributed by atoms with Crippen molar-refractivity contribution in [3.63, 3.8) is 0 Å². The first-order valence-corrected chi connectivity index (χ1v) is 16.1. The van der Waals surface area contributed by atoms with Gasteiger partial charge in [0.2, 0.25) is 5.88 Å². The van der Waals surface area contributed by atoms with Crippen LogP contribution in [0.4, 0.5) is 10.2 Å². The molecule has 4 saturated heterocycles. The maximum atomic E-state index is 17.1. The highest BCUT2D eigenvalue weighted by molar-refractivity contribution is 6.03. The lowest BCUT2D eigenvalue weighted by molar-refractivity contribution is 0.130. The van der Waals surface area contributed by atoms with Crippen molar-refractivity contribution in [2.45, 2.75) is 68.8 Å². The molecule has 0 amide bonds. The van der Waals surface area contributed by atoms with Crippen LogP contribution in [-0.2, 0) is 0 Å². The SMILES string of the molecule is C#Cc1cccc2cccc(-c3nc4c5c(nc(OC[C@@]67CCCN6CCC7=C)nc5c3F)N3CC5CCC(N5)C3C(C)O4)c12. The Morgan fingerprint density at radius 1 is 1.16 bits per heavy atom. The van der Waals surface area contributed by atoms with Crippen LogP contribution in [0.2, 0.25) is 0 Å². The van der Waals surface area contributed by atoms with Crippen molar-refractivity contribution in [2.75, 3.05) is 31.1 Å². The van der Waals surface area contributed by atoms with Crippen LogP contribution in [0.5, 0.6) is 11.9 Å². The predicted molar refractivity (Wildman–Crippen MR) is 172 cm³/mol. The zero-order chi connectivity index (χ0) is 30.4. The molecular weight excluding hydrogens is 567 g/mol. The molecule has 0 radical (unpaired) electrons. The van der Waals surface area contributed by atoms with Gasteiger partial charge < -0.3 is 19.7 Å². The summed E-state index contributed by atoms with van der Waals surface area (Å²) in [5.74, 6) is 3.20. The van der Waals surface area contributed by atoms with Crippen LogP contribution >= 0.6 is 0 Å². The Bertz CT molecular complexity index is 1950. The molecule has 5 atom stereocenters. The number of halogens is 1. The average molecular weight is 603 g/mol. The van der Waals surface area contributed by atoms with E-state index in [0.717, 1.165) is 62.5 Å². The highest BCUT2D eigenvalue weighted by atomic mass is 19.1. The van der Waals surface area contributed by atoms with E-state index >= 15 is 4.39 Å². The highest BCUT2D eigenvalue weighted by Crippen LogP contribution is 2.46. The number of pyridine rings is 1. The molecule has 0 aliphatic carbocycles. The molecule has 7 heterocycles. The van der Waals surface area contributed by atoms with Crippen molar-refractivity contribution >= 4 is 27.5 Å². The van der Waals surface area contributed by atoms with E-state index in [1.165, 1.54) is 5.57 Å². The van der Waals surface area contributed by atoms with E-state index in [9.17, 15) is 0 Å². The van der Waals surface area contributed by atoms with Gasteiger partial charge in [-0.1, -0.05) is 48.4 Å². The summed E-state index contributed by atoms with van der Waals surface area (Å²) in [7, 11) is 0. The average Bonchev–Trinajstić information content (AvgIpc) is 3.72. The number of fused-ring (bicyclic) bond motifs is 7. The van der Waals surface area contributed by atoms with E-state index in [2.05, 4.69) is 34.5 Å². The molecule has 4 fully saturated rings. The van der Waals surface area contributed by atoms with Crippen LogP contribution in [0.3, 0.4) is 0 Å². The number of aromatic nitrogens is 3. The fraction of sp³-hybridized carbons (Fsp3) is 0.417. The topological polar surface area (TPSA) is 75.6 Å². The third kappa shape index (κ3) is 3.88. The maximum Gasteiger partial charge on any atom is 0.319 e. The number of piperazine rings is 1. The largest absolute Gasteiger partial charge is 0.472 e. The third-order valence-corrected chi connectivity index (χ3v) is 10.9. The second kappa shape index (κ2) is 9.87. The molecule has 0 saturated carbocycles. The minimum atomic E-state index is -0.541. The number of rotatable bonds is 4. The summed E-state index contributed by atoms with van der Waals surface area (Å²) in [5.41, 5.74) is 2.55. The van der Waals surface area contributed by atoms with Crippen molar-refractivity contribution < 1.29 is 13.9 Å². The van der Waals surface area contributed by atoms with Crippen molar-refractivity contribution in [1.82, 2.24) is 25.2 Å². The number of benzene rings is 2. The molecule has 5 aliphatic rings. The minimum absolute atomic E-state index is 0.000429. The van der Waals surface area contributed by atoms with Gasteiger partial charge in [-0.15, -0.1) is 6.42 Å². The maximum absolute atomic E-state index is 17.1. The van der Waals surface area contributed by atoms with Crippen molar-refractivity contribution in [3.05, 3.63) is 59.9 Å². The molecule has 4 aromatic rings. The Labute approximate surface area is 261 Å². The lowest BCUT2D eigenvalue weighted by atomic mass is 9.91. The number of terminal acetylenes is 1. The zero-order valence-corrected chi connectivity index (χ0v) is 25.4. The summed E-state index contributed by atoms with van der Waals surface area (Å²) in [6, 6.07) is 12.2. The van der Waals surface area contributed by atoms with Crippen molar-refractivity contribution in [2.24, 2.45) is 0 Å². The van der Waals surface area contributed by atoms with E-state index in [4.69, 9.17) is 30.8 Å². The number of nitrogens with zero attached hydrogens (tertiary/aromatic N) is 5. The molecule has 2 aromatic heterocycles. The molecule has 1 N–H and O–H groups in total. The summed E-state index contributed by atoms with van der Waals surface area (Å²) in [6.07, 6.45) is 10.9. The van der Waals surface area contributed by atoms with Crippen LogP contribution in [0.1, 0.15) is 44.6 Å². The molecule has 2 aromatic carbocycles. The van der Waals surface area contributed by atoms with E-state index in [-0.39, 0.29) is 40.9 Å². The van der Waals surface area contributed by atoms with Crippen molar-refractivity contribution in [1.29, 1.82) is 0 Å². The Morgan fingerprint density at radius 3 is 2.89 bits per heavy atom. The fourth-order valence-corrected chi connectivity index (χ4v) is 8.80. The van der Waals surface area contributed by atoms with Crippen LogP contribution < -0.4 is 19.7 Å². The highest BCUT2D eigenvalue weighted by Gasteiger charge is 2.49. The molecule has 9 rings (SSSR count). The number of hydrogen-bond acceptors (Lipinski definition) is 8. The lowest BCUT2D eigenvalue weighted by Gasteiger charge is -2.42. The van der Waals surface area contributed by atoms with Crippen LogP contribution in [-0.4, -0.2) is 75.9 Å². The van der Waals surface area contributed by atoms with Crippen molar-refractivity contribution in [3.8, 4) is 35.5 Å². The quantitative estimate of drug-likeness (QED) is 0.252. The first-order valence-electron chi connectivity index (χ1n) is 16.1. The number of anilines is 1. The number of nitrogens with one attached hydrogen (secondary N) is 1.